The molecule has 1 aliphatic carbocycles. The monoisotopic (exact) mass is 222 g/mol. The maximum absolute atomic E-state index is 10.9. The van der Waals surface area contributed by atoms with Gasteiger partial charge in [-0.3, -0.25) is 4.98 Å². The number of nitrogens with zero attached hydrogens (tertiary/aromatic N) is 1. The minimum Gasteiger partial charge on any atom is -0.478 e. The second-order valence-corrected chi connectivity index (χ2v) is 4.24. The summed E-state index contributed by atoms with van der Waals surface area (Å²) >= 11 is 0. The third kappa shape index (κ3) is 2.14. The van der Waals surface area contributed by atoms with Crippen molar-refractivity contribution in [2.75, 3.05) is 18.5 Å². The van der Waals surface area contributed by atoms with Crippen molar-refractivity contribution in [2.24, 2.45) is 5.41 Å². The molecule has 0 aliphatic heterocycles. The van der Waals surface area contributed by atoms with Crippen molar-refractivity contribution in [3.63, 3.8) is 0 Å². The van der Waals surface area contributed by atoms with Gasteiger partial charge >= 0.3 is 5.97 Å². The molecule has 0 unspecified atom stereocenters. The van der Waals surface area contributed by atoms with Gasteiger partial charge in [-0.1, -0.05) is 0 Å². The summed E-state index contributed by atoms with van der Waals surface area (Å²) in [5, 5.41) is 21.1. The summed E-state index contributed by atoms with van der Waals surface area (Å²) in [5.41, 5.74) is 0.671. The van der Waals surface area contributed by atoms with Crippen LogP contribution in [0.3, 0.4) is 0 Å². The fourth-order valence-corrected chi connectivity index (χ4v) is 1.57. The number of hydrogen-bond acceptors (Lipinski definition) is 4. The minimum atomic E-state index is -0.973. The van der Waals surface area contributed by atoms with Crippen LogP contribution in [-0.2, 0) is 0 Å². The lowest BCUT2D eigenvalue weighted by molar-refractivity contribution is 0.0698. The molecule has 0 aromatic carbocycles. The quantitative estimate of drug-likeness (QED) is 0.691. The van der Waals surface area contributed by atoms with Crippen LogP contribution in [0.25, 0.3) is 0 Å². The van der Waals surface area contributed by atoms with Crippen LogP contribution >= 0.6 is 0 Å². The lowest BCUT2D eigenvalue weighted by Crippen LogP contribution is -2.20. The predicted molar refractivity (Wildman–Crippen MR) is 58.4 cm³/mol. The maximum Gasteiger partial charge on any atom is 0.337 e. The first-order valence-corrected chi connectivity index (χ1v) is 5.19. The van der Waals surface area contributed by atoms with Crippen molar-refractivity contribution in [1.29, 1.82) is 0 Å². The Morgan fingerprint density at radius 1 is 1.56 bits per heavy atom. The molecule has 16 heavy (non-hydrogen) atoms. The number of aliphatic hydroxyl groups excluding tert-OH is 1. The van der Waals surface area contributed by atoms with Gasteiger partial charge in [-0.25, -0.2) is 4.79 Å². The zero-order valence-corrected chi connectivity index (χ0v) is 8.81. The van der Waals surface area contributed by atoms with Crippen molar-refractivity contribution in [1.82, 2.24) is 4.98 Å². The molecule has 5 nitrogen and oxygen atoms in total. The zero-order chi connectivity index (χ0) is 11.6. The molecule has 5 heteroatoms. The Hall–Kier alpha value is -1.62. The van der Waals surface area contributed by atoms with E-state index in [1.54, 1.807) is 0 Å². The number of hydrogen-bond donors (Lipinski definition) is 3. The predicted octanol–water partition coefficient (Wildman–Crippen LogP) is 0.964. The van der Waals surface area contributed by atoms with E-state index in [1.807, 2.05) is 0 Å². The number of rotatable bonds is 5. The Bertz CT molecular complexity index is 402. The van der Waals surface area contributed by atoms with Crippen LogP contribution < -0.4 is 5.32 Å². The van der Waals surface area contributed by atoms with E-state index in [2.05, 4.69) is 10.3 Å². The molecule has 0 saturated heterocycles. The van der Waals surface area contributed by atoms with Crippen LogP contribution in [0.5, 0.6) is 0 Å². The van der Waals surface area contributed by atoms with Gasteiger partial charge in [-0.05, 0) is 18.9 Å². The maximum atomic E-state index is 10.9. The summed E-state index contributed by atoms with van der Waals surface area (Å²) in [6, 6.07) is 1.46. The molecule has 0 bridgehead atoms. The van der Waals surface area contributed by atoms with Gasteiger partial charge in [0, 0.05) is 18.2 Å². The van der Waals surface area contributed by atoms with Crippen molar-refractivity contribution in [2.45, 2.75) is 12.8 Å². The molecule has 1 aromatic rings. The van der Waals surface area contributed by atoms with Gasteiger partial charge in [0.2, 0.25) is 0 Å². The van der Waals surface area contributed by atoms with Gasteiger partial charge in [0.15, 0.2) is 0 Å². The van der Waals surface area contributed by atoms with E-state index in [0.29, 0.717) is 12.2 Å². The number of pyridine rings is 1. The van der Waals surface area contributed by atoms with Crippen LogP contribution in [0.15, 0.2) is 18.5 Å². The van der Waals surface area contributed by atoms with Gasteiger partial charge in [-0.15, -0.1) is 0 Å². The second kappa shape index (κ2) is 4.09. The molecule has 0 spiro atoms. The third-order valence-corrected chi connectivity index (χ3v) is 3.00. The standard InChI is InChI=1S/C11H14N2O3/c14-7-11(2-3-11)6-13-9-5-12-4-1-8(9)10(15)16/h1,4-5,13-14H,2-3,6-7H2,(H,15,16). The van der Waals surface area contributed by atoms with E-state index in [1.165, 1.54) is 18.5 Å². The smallest absolute Gasteiger partial charge is 0.337 e. The molecule has 1 saturated carbocycles. The number of carboxylic acid groups (broad SMARTS) is 1. The summed E-state index contributed by atoms with van der Waals surface area (Å²) < 4.78 is 0. The summed E-state index contributed by atoms with van der Waals surface area (Å²) in [6.45, 7) is 0.734. The van der Waals surface area contributed by atoms with Crippen LogP contribution in [0.2, 0.25) is 0 Å². The highest BCUT2D eigenvalue weighted by atomic mass is 16.4. The lowest BCUT2D eigenvalue weighted by Gasteiger charge is -2.14. The summed E-state index contributed by atoms with van der Waals surface area (Å²) in [4.78, 5) is 14.8. The van der Waals surface area contributed by atoms with Crippen LogP contribution in [0.4, 0.5) is 5.69 Å². The number of anilines is 1. The first-order valence-electron chi connectivity index (χ1n) is 5.19. The van der Waals surface area contributed by atoms with E-state index < -0.39 is 5.97 Å². The SMILES string of the molecule is O=C(O)c1ccncc1NCC1(CO)CC1. The van der Waals surface area contributed by atoms with Gasteiger partial charge in [-0.2, -0.15) is 0 Å². The van der Waals surface area contributed by atoms with Gasteiger partial charge in [0.1, 0.15) is 0 Å². The second-order valence-electron chi connectivity index (χ2n) is 4.24. The molecule has 0 atom stereocenters. The third-order valence-electron chi connectivity index (χ3n) is 3.00. The molecular formula is C11H14N2O3. The normalized spacial score (nSPS) is 16.8. The lowest BCUT2D eigenvalue weighted by atomic mass is 10.1. The first kappa shape index (κ1) is 10.9. The summed E-state index contributed by atoms with van der Waals surface area (Å²) in [6.07, 6.45) is 4.92. The van der Waals surface area contributed by atoms with Crippen molar-refractivity contribution < 1.29 is 15.0 Å². The molecule has 1 aromatic heterocycles. The number of carbonyl (C=O) groups is 1. The van der Waals surface area contributed by atoms with Crippen molar-refractivity contribution >= 4 is 11.7 Å². The molecule has 2 rings (SSSR count). The average Bonchev–Trinajstić information content (AvgIpc) is 3.07. The number of aromatic nitrogens is 1. The van der Waals surface area contributed by atoms with E-state index >= 15 is 0 Å². The molecule has 1 heterocycles. The fraction of sp³-hybridized carbons (Fsp3) is 0.455. The summed E-state index contributed by atoms with van der Waals surface area (Å²) in [7, 11) is 0. The molecule has 0 radical (unpaired) electrons. The Morgan fingerprint density at radius 3 is 2.88 bits per heavy atom. The molecule has 3 N–H and O–H groups in total. The van der Waals surface area contributed by atoms with E-state index in [-0.39, 0.29) is 17.6 Å². The Morgan fingerprint density at radius 2 is 2.31 bits per heavy atom. The molecular weight excluding hydrogens is 208 g/mol. The molecule has 1 fully saturated rings. The Labute approximate surface area is 93.1 Å². The van der Waals surface area contributed by atoms with E-state index in [9.17, 15) is 4.79 Å². The average molecular weight is 222 g/mol. The Balaban J connectivity index is 2.06. The number of aliphatic hydroxyl groups is 1. The molecule has 86 valence electrons. The van der Waals surface area contributed by atoms with Crippen molar-refractivity contribution in [3.05, 3.63) is 24.0 Å². The van der Waals surface area contributed by atoms with Gasteiger partial charge in [0.05, 0.1) is 24.1 Å². The van der Waals surface area contributed by atoms with Gasteiger partial charge in [0.25, 0.3) is 0 Å². The fourth-order valence-electron chi connectivity index (χ4n) is 1.57. The highest BCUT2D eigenvalue weighted by molar-refractivity contribution is 5.93. The topological polar surface area (TPSA) is 82.5 Å². The number of aromatic carboxylic acids is 1. The van der Waals surface area contributed by atoms with E-state index in [4.69, 9.17) is 10.2 Å². The highest BCUT2D eigenvalue weighted by Crippen LogP contribution is 2.44. The zero-order valence-electron chi connectivity index (χ0n) is 8.81. The Kier molecular flexibility index (Phi) is 2.78. The van der Waals surface area contributed by atoms with Crippen LogP contribution in [0.1, 0.15) is 23.2 Å². The van der Waals surface area contributed by atoms with Crippen LogP contribution in [0, 0.1) is 5.41 Å². The molecule has 1 aliphatic rings. The largest absolute Gasteiger partial charge is 0.478 e. The van der Waals surface area contributed by atoms with Crippen LogP contribution in [-0.4, -0.2) is 34.3 Å². The molecule has 0 amide bonds. The highest BCUT2D eigenvalue weighted by Gasteiger charge is 2.41. The number of carboxylic acids is 1. The van der Waals surface area contributed by atoms with Gasteiger partial charge < -0.3 is 15.5 Å². The minimum absolute atomic E-state index is 0.0500. The summed E-state index contributed by atoms with van der Waals surface area (Å²) in [5.74, 6) is -0.973. The first-order chi connectivity index (χ1) is 7.67. The van der Waals surface area contributed by atoms with E-state index in [0.717, 1.165) is 12.8 Å². The number of nitrogens with one attached hydrogen (secondary N) is 1. The van der Waals surface area contributed by atoms with Crippen molar-refractivity contribution in [3.8, 4) is 0 Å².